The van der Waals surface area contributed by atoms with Gasteiger partial charge in [-0.1, -0.05) is 13.3 Å². The molecule has 0 saturated carbocycles. The zero-order chi connectivity index (χ0) is 12.0. The van der Waals surface area contributed by atoms with E-state index >= 15 is 0 Å². The van der Waals surface area contributed by atoms with Gasteiger partial charge in [-0.3, -0.25) is 0 Å². The number of amides is 1. The molecule has 0 aromatic heterocycles. The number of hydrogen-bond donors (Lipinski definition) is 1. The second-order valence-electron chi connectivity index (χ2n) is 4.05. The fourth-order valence-electron chi connectivity index (χ4n) is 1.83. The highest BCUT2D eigenvalue weighted by atomic mass is 16.6. The lowest BCUT2D eigenvalue weighted by atomic mass is 10.2. The van der Waals surface area contributed by atoms with Gasteiger partial charge in [0.1, 0.15) is 0 Å². The minimum atomic E-state index is -0.341. The Labute approximate surface area is 96.3 Å². The van der Waals surface area contributed by atoms with Crippen LogP contribution in [0.5, 0.6) is 0 Å². The summed E-state index contributed by atoms with van der Waals surface area (Å²) < 4.78 is 10.3. The summed E-state index contributed by atoms with van der Waals surface area (Å²) in [5, 5.41) is 9.17. The molecule has 2 unspecified atom stereocenters. The lowest BCUT2D eigenvalue weighted by Crippen LogP contribution is -2.38. The molecule has 1 rings (SSSR count). The molecule has 0 aliphatic carbocycles. The molecule has 1 aliphatic heterocycles. The number of aliphatic hydroxyl groups is 1. The molecule has 1 heterocycles. The third kappa shape index (κ3) is 3.35. The summed E-state index contributed by atoms with van der Waals surface area (Å²) in [6.07, 6.45) is 2.22. The molecule has 1 N–H and O–H groups in total. The SMILES string of the molecule is CCCCOC(=O)N1CC(OC)CC1CO. The Bertz CT molecular complexity index is 222. The Morgan fingerprint density at radius 2 is 2.31 bits per heavy atom. The average molecular weight is 231 g/mol. The highest BCUT2D eigenvalue weighted by Crippen LogP contribution is 2.20. The Morgan fingerprint density at radius 1 is 1.56 bits per heavy atom. The largest absolute Gasteiger partial charge is 0.449 e. The second kappa shape index (κ2) is 6.70. The van der Waals surface area contributed by atoms with E-state index in [1.54, 1.807) is 12.0 Å². The molecule has 5 nitrogen and oxygen atoms in total. The number of unbranched alkanes of at least 4 members (excludes halogenated alkanes) is 1. The van der Waals surface area contributed by atoms with Gasteiger partial charge in [0, 0.05) is 7.11 Å². The lowest BCUT2D eigenvalue weighted by Gasteiger charge is -2.21. The quantitative estimate of drug-likeness (QED) is 0.717. The predicted molar refractivity (Wildman–Crippen MR) is 59.2 cm³/mol. The van der Waals surface area contributed by atoms with E-state index in [1.807, 2.05) is 6.92 Å². The number of carbonyl (C=O) groups excluding carboxylic acids is 1. The maximum Gasteiger partial charge on any atom is 0.410 e. The Morgan fingerprint density at radius 3 is 2.88 bits per heavy atom. The van der Waals surface area contributed by atoms with Crippen LogP contribution in [0.15, 0.2) is 0 Å². The number of ether oxygens (including phenoxy) is 2. The van der Waals surface area contributed by atoms with Gasteiger partial charge in [0.15, 0.2) is 0 Å². The number of rotatable bonds is 5. The fraction of sp³-hybridized carbons (Fsp3) is 0.909. The first-order chi connectivity index (χ1) is 7.72. The van der Waals surface area contributed by atoms with Crippen molar-refractivity contribution in [1.82, 2.24) is 4.90 Å². The summed E-state index contributed by atoms with van der Waals surface area (Å²) in [4.78, 5) is 13.2. The summed E-state index contributed by atoms with van der Waals surface area (Å²) in [6.45, 7) is 2.96. The number of aliphatic hydroxyl groups excluding tert-OH is 1. The van der Waals surface area contributed by atoms with Gasteiger partial charge in [0.2, 0.25) is 0 Å². The van der Waals surface area contributed by atoms with E-state index in [0.717, 1.165) is 12.8 Å². The average Bonchev–Trinajstić information content (AvgIpc) is 2.72. The minimum Gasteiger partial charge on any atom is -0.449 e. The standard InChI is InChI=1S/C11H21NO4/c1-3-4-5-16-11(14)12-7-10(15-2)6-9(12)8-13/h9-10,13H,3-8H2,1-2H3. The molecule has 5 heteroatoms. The van der Waals surface area contributed by atoms with Gasteiger partial charge in [-0.05, 0) is 12.8 Å². The van der Waals surface area contributed by atoms with E-state index in [0.29, 0.717) is 19.6 Å². The van der Waals surface area contributed by atoms with Crippen LogP contribution in [0.3, 0.4) is 0 Å². The summed E-state index contributed by atoms with van der Waals surface area (Å²) >= 11 is 0. The summed E-state index contributed by atoms with van der Waals surface area (Å²) in [6, 6.07) is -0.168. The first-order valence-corrected chi connectivity index (χ1v) is 5.80. The van der Waals surface area contributed by atoms with Crippen molar-refractivity contribution in [2.75, 3.05) is 26.9 Å². The first kappa shape index (κ1) is 13.3. The van der Waals surface area contributed by atoms with Gasteiger partial charge in [-0.2, -0.15) is 0 Å². The third-order valence-corrected chi connectivity index (χ3v) is 2.88. The van der Waals surface area contributed by atoms with Crippen molar-refractivity contribution in [3.8, 4) is 0 Å². The van der Waals surface area contributed by atoms with Crippen LogP contribution in [0.2, 0.25) is 0 Å². The Hall–Kier alpha value is -0.810. The Kier molecular flexibility index (Phi) is 5.55. The minimum absolute atomic E-state index is 0.0101. The van der Waals surface area contributed by atoms with Crippen LogP contribution >= 0.6 is 0 Å². The predicted octanol–water partition coefficient (Wildman–Crippen LogP) is 1.00. The molecule has 1 fully saturated rings. The van der Waals surface area contributed by atoms with Crippen LogP contribution in [0.1, 0.15) is 26.2 Å². The molecule has 0 aromatic rings. The molecule has 16 heavy (non-hydrogen) atoms. The highest BCUT2D eigenvalue weighted by Gasteiger charge is 2.35. The molecule has 0 aromatic carbocycles. The molecule has 2 atom stereocenters. The van der Waals surface area contributed by atoms with E-state index in [2.05, 4.69) is 0 Å². The molecule has 1 saturated heterocycles. The van der Waals surface area contributed by atoms with Crippen LogP contribution in [0, 0.1) is 0 Å². The third-order valence-electron chi connectivity index (χ3n) is 2.88. The fourth-order valence-corrected chi connectivity index (χ4v) is 1.83. The van der Waals surface area contributed by atoms with Gasteiger partial charge < -0.3 is 19.5 Å². The van der Waals surface area contributed by atoms with Crippen molar-refractivity contribution >= 4 is 6.09 Å². The molecular formula is C11H21NO4. The lowest BCUT2D eigenvalue weighted by molar-refractivity contribution is 0.0771. The highest BCUT2D eigenvalue weighted by molar-refractivity contribution is 5.68. The monoisotopic (exact) mass is 231 g/mol. The van der Waals surface area contributed by atoms with Crippen molar-refractivity contribution < 1.29 is 19.4 Å². The van der Waals surface area contributed by atoms with Gasteiger partial charge in [0.05, 0.1) is 31.9 Å². The van der Waals surface area contributed by atoms with Gasteiger partial charge in [-0.25, -0.2) is 4.79 Å². The molecule has 1 amide bonds. The van der Waals surface area contributed by atoms with Crippen LogP contribution < -0.4 is 0 Å². The van der Waals surface area contributed by atoms with Crippen LogP contribution in [0.4, 0.5) is 4.79 Å². The van der Waals surface area contributed by atoms with Gasteiger partial charge >= 0.3 is 6.09 Å². The maximum absolute atomic E-state index is 11.7. The van der Waals surface area contributed by atoms with Crippen LogP contribution in [-0.2, 0) is 9.47 Å². The van der Waals surface area contributed by atoms with Crippen molar-refractivity contribution in [2.24, 2.45) is 0 Å². The summed E-state index contributed by atoms with van der Waals surface area (Å²) in [5.41, 5.74) is 0. The van der Waals surface area contributed by atoms with Crippen molar-refractivity contribution in [2.45, 2.75) is 38.3 Å². The van der Waals surface area contributed by atoms with Gasteiger partial charge in [-0.15, -0.1) is 0 Å². The van der Waals surface area contributed by atoms with E-state index in [4.69, 9.17) is 14.6 Å². The normalized spacial score (nSPS) is 24.8. The van der Waals surface area contributed by atoms with Gasteiger partial charge in [0.25, 0.3) is 0 Å². The van der Waals surface area contributed by atoms with Crippen LogP contribution in [-0.4, -0.2) is 55.1 Å². The first-order valence-electron chi connectivity index (χ1n) is 5.80. The Balaban J connectivity index is 2.41. The van der Waals surface area contributed by atoms with Crippen LogP contribution in [0.25, 0.3) is 0 Å². The zero-order valence-corrected chi connectivity index (χ0v) is 10.0. The van der Waals surface area contributed by atoms with E-state index in [1.165, 1.54) is 0 Å². The molecular weight excluding hydrogens is 210 g/mol. The molecule has 94 valence electrons. The number of carbonyl (C=O) groups is 1. The zero-order valence-electron chi connectivity index (χ0n) is 10.0. The summed E-state index contributed by atoms with van der Waals surface area (Å²) in [7, 11) is 1.62. The molecule has 0 spiro atoms. The molecule has 1 aliphatic rings. The number of likely N-dealkylation sites (tertiary alicyclic amines) is 1. The topological polar surface area (TPSA) is 59.0 Å². The van der Waals surface area contributed by atoms with Crippen molar-refractivity contribution in [3.05, 3.63) is 0 Å². The number of hydrogen-bond acceptors (Lipinski definition) is 4. The van der Waals surface area contributed by atoms with E-state index in [9.17, 15) is 4.79 Å². The van der Waals surface area contributed by atoms with E-state index in [-0.39, 0.29) is 24.8 Å². The number of nitrogens with zero attached hydrogens (tertiary/aromatic N) is 1. The van der Waals surface area contributed by atoms with Crippen molar-refractivity contribution in [1.29, 1.82) is 0 Å². The number of methoxy groups -OCH3 is 1. The maximum atomic E-state index is 11.7. The van der Waals surface area contributed by atoms with Crippen molar-refractivity contribution in [3.63, 3.8) is 0 Å². The van der Waals surface area contributed by atoms with E-state index < -0.39 is 0 Å². The molecule has 0 radical (unpaired) electrons. The molecule has 0 bridgehead atoms. The second-order valence-corrected chi connectivity index (χ2v) is 4.05. The smallest absolute Gasteiger partial charge is 0.410 e. The summed E-state index contributed by atoms with van der Waals surface area (Å²) in [5.74, 6) is 0.